The Balaban J connectivity index is 4.89. The molecule has 0 aromatic rings. The molecule has 0 aromatic heterocycles. The van der Waals surface area contributed by atoms with Gasteiger partial charge in [-0.1, -0.05) is 19.3 Å². The molecule has 6 nitrogen and oxygen atoms in total. The molecule has 0 aromatic carbocycles. The highest BCUT2D eigenvalue weighted by molar-refractivity contribution is 5.84. The molecule has 24 heavy (non-hydrogen) atoms. The van der Waals surface area contributed by atoms with Crippen LogP contribution in [0.25, 0.3) is 0 Å². The number of carbonyl (C=O) groups is 2. The van der Waals surface area contributed by atoms with Gasteiger partial charge in [-0.05, 0) is 60.9 Å². The molecule has 0 saturated carbocycles. The van der Waals surface area contributed by atoms with Crippen LogP contribution in [-0.4, -0.2) is 35.7 Å². The molecule has 2 unspecified atom stereocenters. The number of carbonyl (C=O) groups excluding carboxylic acids is 2. The topological polar surface area (TPSA) is 105 Å². The molecule has 4 N–H and O–H groups in total. The first-order chi connectivity index (χ1) is 10.9. The van der Waals surface area contributed by atoms with Gasteiger partial charge in [0.2, 0.25) is 0 Å². The fourth-order valence-corrected chi connectivity index (χ4v) is 2.22. The van der Waals surface area contributed by atoms with Crippen LogP contribution in [0.1, 0.15) is 73.6 Å². The minimum absolute atomic E-state index is 0.445. The molecular formula is C18H36N2O4. The Morgan fingerprint density at radius 3 is 1.75 bits per heavy atom. The summed E-state index contributed by atoms with van der Waals surface area (Å²) in [6.07, 6.45) is 4.19. The van der Waals surface area contributed by atoms with Gasteiger partial charge in [-0.25, -0.2) is 0 Å². The second-order valence-electron chi connectivity index (χ2n) is 8.19. The van der Waals surface area contributed by atoms with Gasteiger partial charge in [0.05, 0.1) is 5.92 Å². The number of hydrogen-bond acceptors (Lipinski definition) is 6. The van der Waals surface area contributed by atoms with E-state index in [1.807, 2.05) is 0 Å². The van der Waals surface area contributed by atoms with Crippen molar-refractivity contribution in [3.05, 3.63) is 0 Å². The van der Waals surface area contributed by atoms with Gasteiger partial charge in [0.25, 0.3) is 0 Å². The summed E-state index contributed by atoms with van der Waals surface area (Å²) in [6, 6.07) is -1.02. The lowest BCUT2D eigenvalue weighted by molar-refractivity contribution is -0.169. The molecule has 0 amide bonds. The van der Waals surface area contributed by atoms with Gasteiger partial charge in [-0.2, -0.15) is 0 Å². The lowest BCUT2D eigenvalue weighted by atomic mass is 9.93. The van der Waals surface area contributed by atoms with Crippen molar-refractivity contribution in [2.75, 3.05) is 6.54 Å². The van der Waals surface area contributed by atoms with Crippen LogP contribution >= 0.6 is 0 Å². The van der Waals surface area contributed by atoms with Crippen molar-refractivity contribution in [2.45, 2.75) is 90.9 Å². The van der Waals surface area contributed by atoms with Crippen molar-refractivity contribution in [3.8, 4) is 0 Å². The standard InChI is InChI=1S/C18H36N2O4/c1-17(2,3)23-15(21)13(11-9-7-8-10-12-19)14(20)16(22)24-18(4,5)6/h13-14H,7-12,19-20H2,1-6H3. The van der Waals surface area contributed by atoms with E-state index >= 15 is 0 Å². The Morgan fingerprint density at radius 1 is 0.833 bits per heavy atom. The van der Waals surface area contributed by atoms with Gasteiger partial charge < -0.3 is 20.9 Å². The number of hydrogen-bond donors (Lipinski definition) is 2. The number of ether oxygens (including phenoxy) is 2. The van der Waals surface area contributed by atoms with E-state index in [0.29, 0.717) is 13.0 Å². The molecule has 0 bridgehead atoms. The molecule has 0 spiro atoms. The largest absolute Gasteiger partial charge is 0.460 e. The minimum atomic E-state index is -1.02. The van der Waals surface area contributed by atoms with Crippen LogP contribution in [0.5, 0.6) is 0 Å². The van der Waals surface area contributed by atoms with Crippen molar-refractivity contribution < 1.29 is 19.1 Å². The highest BCUT2D eigenvalue weighted by Gasteiger charge is 2.36. The predicted octanol–water partition coefficient (Wildman–Crippen LogP) is 2.52. The molecule has 0 aliphatic rings. The Labute approximate surface area is 146 Å². The quantitative estimate of drug-likeness (QED) is 0.492. The van der Waals surface area contributed by atoms with Crippen LogP contribution in [0.2, 0.25) is 0 Å². The monoisotopic (exact) mass is 344 g/mol. The van der Waals surface area contributed by atoms with Crippen LogP contribution in [0.4, 0.5) is 0 Å². The highest BCUT2D eigenvalue weighted by Crippen LogP contribution is 2.21. The third kappa shape index (κ3) is 10.6. The smallest absolute Gasteiger partial charge is 0.324 e. The summed E-state index contributed by atoms with van der Waals surface area (Å²) in [6.45, 7) is 11.4. The number of nitrogens with two attached hydrogens (primary N) is 2. The summed E-state index contributed by atoms with van der Waals surface area (Å²) < 4.78 is 10.8. The average molecular weight is 344 g/mol. The van der Waals surface area contributed by atoms with Crippen molar-refractivity contribution >= 4 is 11.9 Å². The zero-order valence-corrected chi connectivity index (χ0v) is 16.2. The van der Waals surface area contributed by atoms with Crippen molar-refractivity contribution in [2.24, 2.45) is 17.4 Å². The first-order valence-electron chi connectivity index (χ1n) is 8.79. The molecule has 2 atom stereocenters. The molecule has 6 heteroatoms. The van der Waals surface area contributed by atoms with E-state index in [1.54, 1.807) is 41.5 Å². The molecule has 0 rings (SSSR count). The number of unbranched alkanes of at least 4 members (excludes halogenated alkanes) is 3. The second kappa shape index (κ2) is 9.99. The summed E-state index contributed by atoms with van der Waals surface area (Å²) in [5.41, 5.74) is 10.2. The van der Waals surface area contributed by atoms with Gasteiger partial charge in [-0.3, -0.25) is 9.59 Å². The fourth-order valence-electron chi connectivity index (χ4n) is 2.22. The van der Waals surface area contributed by atoms with Gasteiger partial charge >= 0.3 is 11.9 Å². The second-order valence-corrected chi connectivity index (χ2v) is 8.19. The van der Waals surface area contributed by atoms with Crippen LogP contribution in [0.15, 0.2) is 0 Å². The SMILES string of the molecule is CC(C)(C)OC(=O)C(N)C(CCCCCCN)C(=O)OC(C)(C)C. The number of esters is 2. The van der Waals surface area contributed by atoms with Crippen LogP contribution in [0, 0.1) is 5.92 Å². The van der Waals surface area contributed by atoms with E-state index in [1.165, 1.54) is 0 Å². The van der Waals surface area contributed by atoms with Gasteiger partial charge in [0.1, 0.15) is 17.2 Å². The zero-order chi connectivity index (χ0) is 19.0. The molecule has 0 radical (unpaired) electrons. The van der Waals surface area contributed by atoms with E-state index in [0.717, 1.165) is 25.7 Å². The Bertz CT molecular complexity index is 397. The summed E-state index contributed by atoms with van der Waals surface area (Å²) in [4.78, 5) is 24.7. The normalized spacial score (nSPS) is 14.8. The fraction of sp³-hybridized carbons (Fsp3) is 0.889. The Hall–Kier alpha value is -1.14. The van der Waals surface area contributed by atoms with Crippen LogP contribution in [0.3, 0.4) is 0 Å². The van der Waals surface area contributed by atoms with E-state index in [2.05, 4.69) is 0 Å². The third-order valence-electron chi connectivity index (χ3n) is 3.29. The molecule has 0 saturated heterocycles. The first-order valence-corrected chi connectivity index (χ1v) is 8.79. The third-order valence-corrected chi connectivity index (χ3v) is 3.29. The summed E-state index contributed by atoms with van der Waals surface area (Å²) in [5.74, 6) is -1.71. The maximum Gasteiger partial charge on any atom is 0.324 e. The van der Waals surface area contributed by atoms with Crippen molar-refractivity contribution in [3.63, 3.8) is 0 Å². The lowest BCUT2D eigenvalue weighted by Gasteiger charge is -2.28. The molecule has 0 aliphatic heterocycles. The van der Waals surface area contributed by atoms with Gasteiger partial charge in [-0.15, -0.1) is 0 Å². The molecule has 142 valence electrons. The first kappa shape index (κ1) is 22.9. The van der Waals surface area contributed by atoms with E-state index < -0.39 is 35.1 Å². The van der Waals surface area contributed by atoms with Crippen molar-refractivity contribution in [1.82, 2.24) is 0 Å². The maximum absolute atomic E-state index is 12.5. The maximum atomic E-state index is 12.5. The average Bonchev–Trinajstić information content (AvgIpc) is 2.38. The van der Waals surface area contributed by atoms with Crippen LogP contribution in [-0.2, 0) is 19.1 Å². The molecular weight excluding hydrogens is 308 g/mol. The van der Waals surface area contributed by atoms with Crippen LogP contribution < -0.4 is 11.5 Å². The van der Waals surface area contributed by atoms with Crippen molar-refractivity contribution in [1.29, 1.82) is 0 Å². The summed E-state index contributed by atoms with van der Waals surface area (Å²) in [5, 5.41) is 0. The Kier molecular flexibility index (Phi) is 9.51. The number of rotatable bonds is 9. The minimum Gasteiger partial charge on any atom is -0.460 e. The predicted molar refractivity (Wildman–Crippen MR) is 95.3 cm³/mol. The molecule has 0 aliphatic carbocycles. The highest BCUT2D eigenvalue weighted by atomic mass is 16.6. The Morgan fingerprint density at radius 2 is 1.29 bits per heavy atom. The molecule has 0 heterocycles. The zero-order valence-electron chi connectivity index (χ0n) is 16.2. The van der Waals surface area contributed by atoms with E-state index in [9.17, 15) is 9.59 Å². The molecule has 0 fully saturated rings. The van der Waals surface area contributed by atoms with Gasteiger partial charge in [0, 0.05) is 0 Å². The van der Waals surface area contributed by atoms with E-state index in [4.69, 9.17) is 20.9 Å². The summed E-state index contributed by atoms with van der Waals surface area (Å²) >= 11 is 0. The lowest BCUT2D eigenvalue weighted by Crippen LogP contribution is -2.47. The van der Waals surface area contributed by atoms with E-state index in [-0.39, 0.29) is 0 Å². The van der Waals surface area contributed by atoms with Gasteiger partial charge in [0.15, 0.2) is 0 Å². The summed E-state index contributed by atoms with van der Waals surface area (Å²) in [7, 11) is 0.